The number of benzene rings is 1. The minimum Gasteiger partial charge on any atom is -0.207 e. The molecule has 0 aliphatic heterocycles. The highest BCUT2D eigenvalue weighted by molar-refractivity contribution is 8.13. The van der Waals surface area contributed by atoms with Crippen molar-refractivity contribution in [3.63, 3.8) is 0 Å². The third-order valence-corrected chi connectivity index (χ3v) is 3.10. The molecule has 0 radical (unpaired) electrons. The summed E-state index contributed by atoms with van der Waals surface area (Å²) in [5.41, 5.74) is 0.690. The molecular weight excluding hydrogens is 208 g/mol. The first-order valence-electron chi connectivity index (χ1n) is 4.58. The van der Waals surface area contributed by atoms with Gasteiger partial charge in [0.2, 0.25) is 0 Å². The van der Waals surface area contributed by atoms with E-state index in [1.54, 1.807) is 18.2 Å². The van der Waals surface area contributed by atoms with Crippen LogP contribution < -0.4 is 0 Å². The smallest absolute Gasteiger partial charge is 0.207 e. The maximum Gasteiger partial charge on any atom is 0.261 e. The van der Waals surface area contributed by atoms with Gasteiger partial charge in [-0.15, -0.1) is 0 Å². The highest BCUT2D eigenvalue weighted by atomic mass is 35.7. The van der Waals surface area contributed by atoms with Gasteiger partial charge in [0.1, 0.15) is 0 Å². The molecule has 0 saturated carbocycles. The van der Waals surface area contributed by atoms with E-state index in [-0.39, 0.29) is 11.8 Å². The van der Waals surface area contributed by atoms with Crippen LogP contribution in [0, 0.1) is 0 Å². The molecule has 0 bridgehead atoms. The maximum absolute atomic E-state index is 11.1. The zero-order valence-corrected chi connectivity index (χ0v) is 8.61. The molecular formula is C9H11ClO2S. The fraction of sp³-hybridized carbons (Fsp3) is 0.333. The summed E-state index contributed by atoms with van der Waals surface area (Å²) in [5.74, 6) is 0. The minimum atomic E-state index is -3.65. The Morgan fingerprint density at radius 3 is 2.77 bits per heavy atom. The molecule has 0 aromatic heterocycles. The SMILES string of the molecule is [3H]CCCc1ccccc1S(=O)(=O)Cl. The Morgan fingerprint density at radius 1 is 1.46 bits per heavy atom. The number of halogens is 1. The molecule has 0 unspecified atom stereocenters. The third-order valence-electron chi connectivity index (χ3n) is 1.68. The van der Waals surface area contributed by atoms with Crippen LogP contribution in [0.25, 0.3) is 0 Å². The van der Waals surface area contributed by atoms with Gasteiger partial charge in [0.15, 0.2) is 0 Å². The molecule has 0 saturated heterocycles. The van der Waals surface area contributed by atoms with Crippen LogP contribution in [-0.2, 0) is 15.5 Å². The summed E-state index contributed by atoms with van der Waals surface area (Å²) in [5, 5.41) is 0. The summed E-state index contributed by atoms with van der Waals surface area (Å²) in [7, 11) is 1.62. The standard InChI is InChI=1S/C9H11ClO2S/c1-2-5-8-6-3-4-7-9(8)13(10,11)12/h3-4,6-7H,2,5H2,1H3/i1T. The molecule has 0 aliphatic rings. The van der Waals surface area contributed by atoms with Crippen molar-refractivity contribution < 1.29 is 9.79 Å². The highest BCUT2D eigenvalue weighted by Gasteiger charge is 2.13. The second-order valence-corrected chi connectivity index (χ2v) is 5.18. The zero-order valence-electron chi connectivity index (χ0n) is 8.03. The molecule has 0 heterocycles. The number of aryl methyl sites for hydroxylation is 1. The van der Waals surface area contributed by atoms with Crippen molar-refractivity contribution >= 4 is 19.7 Å². The minimum absolute atomic E-state index is 0.162. The number of hydrogen-bond donors (Lipinski definition) is 0. The average Bonchev–Trinajstić information content (AvgIpc) is 2.14. The molecule has 72 valence electrons. The fourth-order valence-electron chi connectivity index (χ4n) is 1.14. The molecule has 0 N–H and O–H groups in total. The van der Waals surface area contributed by atoms with Gasteiger partial charge in [-0.2, -0.15) is 0 Å². The monoisotopic (exact) mass is 220 g/mol. The van der Waals surface area contributed by atoms with E-state index in [1.807, 2.05) is 0 Å². The molecule has 0 aliphatic carbocycles. The Morgan fingerprint density at radius 2 is 2.15 bits per heavy atom. The van der Waals surface area contributed by atoms with Gasteiger partial charge < -0.3 is 0 Å². The summed E-state index contributed by atoms with van der Waals surface area (Å²) in [6.45, 7) is 0.288. The van der Waals surface area contributed by atoms with Crippen molar-refractivity contribution in [3.05, 3.63) is 29.8 Å². The van der Waals surface area contributed by atoms with Crippen LogP contribution in [0.1, 0.15) is 20.3 Å². The molecule has 0 atom stereocenters. The lowest BCUT2D eigenvalue weighted by molar-refractivity contribution is 0.608. The van der Waals surface area contributed by atoms with Crippen LogP contribution in [-0.4, -0.2) is 8.42 Å². The number of rotatable bonds is 3. The first-order chi connectivity index (χ1) is 6.55. The first-order valence-corrected chi connectivity index (χ1v) is 6.18. The van der Waals surface area contributed by atoms with Crippen LogP contribution in [0.3, 0.4) is 0 Å². The second-order valence-electron chi connectivity index (χ2n) is 2.65. The molecule has 4 heteroatoms. The van der Waals surface area contributed by atoms with Gasteiger partial charge in [-0.05, 0) is 18.1 Å². The predicted molar refractivity (Wildman–Crippen MR) is 53.5 cm³/mol. The summed E-state index contributed by atoms with van der Waals surface area (Å²) < 4.78 is 29.3. The van der Waals surface area contributed by atoms with E-state index in [2.05, 4.69) is 0 Å². The Kier molecular flexibility index (Phi) is 2.86. The van der Waals surface area contributed by atoms with E-state index in [9.17, 15) is 8.42 Å². The van der Waals surface area contributed by atoms with Gasteiger partial charge in [0.05, 0.1) is 4.90 Å². The molecule has 2 nitrogen and oxygen atoms in total. The van der Waals surface area contributed by atoms with Crippen LogP contribution in [0.15, 0.2) is 29.2 Å². The lowest BCUT2D eigenvalue weighted by Gasteiger charge is -2.03. The quantitative estimate of drug-likeness (QED) is 0.734. The molecule has 1 aromatic carbocycles. The second kappa shape index (κ2) is 4.11. The fourth-order valence-corrected chi connectivity index (χ4v) is 2.31. The van der Waals surface area contributed by atoms with E-state index < -0.39 is 9.05 Å². The predicted octanol–water partition coefficient (Wildman–Crippen LogP) is 2.57. The maximum atomic E-state index is 11.1. The lowest BCUT2D eigenvalue weighted by Crippen LogP contribution is -1.97. The van der Waals surface area contributed by atoms with Gasteiger partial charge >= 0.3 is 0 Å². The molecule has 13 heavy (non-hydrogen) atoms. The van der Waals surface area contributed by atoms with Crippen molar-refractivity contribution in [3.8, 4) is 0 Å². The Hall–Kier alpha value is -0.540. The summed E-state index contributed by atoms with van der Waals surface area (Å²) in [6, 6.07) is 6.62. The van der Waals surface area contributed by atoms with Crippen LogP contribution in [0.4, 0.5) is 0 Å². The number of hydrogen-bond acceptors (Lipinski definition) is 2. The van der Waals surface area contributed by atoms with Crippen LogP contribution in [0.5, 0.6) is 0 Å². The van der Waals surface area contributed by atoms with E-state index in [1.165, 1.54) is 6.07 Å². The molecule has 1 aromatic rings. The van der Waals surface area contributed by atoms with Crippen molar-refractivity contribution in [1.29, 1.82) is 0 Å². The van der Waals surface area contributed by atoms with E-state index in [4.69, 9.17) is 12.1 Å². The van der Waals surface area contributed by atoms with Crippen LogP contribution in [0.2, 0.25) is 0 Å². The Balaban J connectivity index is 3.04. The highest BCUT2D eigenvalue weighted by Crippen LogP contribution is 2.20. The van der Waals surface area contributed by atoms with Gasteiger partial charge in [-0.3, -0.25) is 0 Å². The topological polar surface area (TPSA) is 34.1 Å². The zero-order chi connectivity index (χ0) is 10.6. The van der Waals surface area contributed by atoms with Gasteiger partial charge in [-0.25, -0.2) is 8.42 Å². The first kappa shape index (κ1) is 9.03. The van der Waals surface area contributed by atoms with Crippen molar-refractivity contribution in [2.75, 3.05) is 0 Å². The normalized spacial score (nSPS) is 12.5. The summed E-state index contributed by atoms with van der Waals surface area (Å²) >= 11 is 0. The van der Waals surface area contributed by atoms with Gasteiger partial charge in [0.25, 0.3) is 9.05 Å². The largest absolute Gasteiger partial charge is 0.261 e. The lowest BCUT2D eigenvalue weighted by atomic mass is 10.1. The molecule has 1 rings (SSSR count). The summed E-state index contributed by atoms with van der Waals surface area (Å²) in [4.78, 5) is 0.162. The molecule has 0 fully saturated rings. The average molecular weight is 221 g/mol. The van der Waals surface area contributed by atoms with Crippen LogP contribution >= 0.6 is 10.7 Å². The van der Waals surface area contributed by atoms with E-state index in [0.717, 1.165) is 0 Å². The Labute approximate surface area is 84.4 Å². The molecule has 0 amide bonds. The molecule has 0 spiro atoms. The van der Waals surface area contributed by atoms with Crippen molar-refractivity contribution in [1.82, 2.24) is 0 Å². The van der Waals surface area contributed by atoms with Gasteiger partial charge in [0, 0.05) is 12.1 Å². The Bertz CT molecular complexity index is 403. The van der Waals surface area contributed by atoms with Gasteiger partial charge in [-0.1, -0.05) is 31.5 Å². The summed E-state index contributed by atoms with van der Waals surface area (Å²) in [6.07, 6.45) is 1.22. The third kappa shape index (κ3) is 2.71. The van der Waals surface area contributed by atoms with E-state index >= 15 is 0 Å². The van der Waals surface area contributed by atoms with Crippen molar-refractivity contribution in [2.45, 2.75) is 24.6 Å². The van der Waals surface area contributed by atoms with E-state index in [0.29, 0.717) is 18.4 Å². The van der Waals surface area contributed by atoms with Crippen molar-refractivity contribution in [2.24, 2.45) is 0 Å².